The van der Waals surface area contributed by atoms with E-state index >= 15 is 0 Å². The summed E-state index contributed by atoms with van der Waals surface area (Å²) in [5.41, 5.74) is 2.05. The summed E-state index contributed by atoms with van der Waals surface area (Å²) >= 11 is 6.85. The van der Waals surface area contributed by atoms with Crippen LogP contribution in [0.5, 0.6) is 11.5 Å². The molecular formula is C25H20ClF3N2O2. The van der Waals surface area contributed by atoms with Gasteiger partial charge in [-0.25, -0.2) is 0 Å². The molecule has 4 aromatic rings. The first-order valence-corrected chi connectivity index (χ1v) is 10.4. The van der Waals surface area contributed by atoms with Crippen LogP contribution in [0.4, 0.5) is 13.2 Å². The summed E-state index contributed by atoms with van der Waals surface area (Å²) in [7, 11) is 3.09. The number of nitrogens with zero attached hydrogens (tertiary/aromatic N) is 2. The van der Waals surface area contributed by atoms with Crippen molar-refractivity contribution in [3.63, 3.8) is 0 Å². The molecular weight excluding hydrogens is 453 g/mol. The lowest BCUT2D eigenvalue weighted by Gasteiger charge is -2.13. The van der Waals surface area contributed by atoms with Crippen LogP contribution < -0.4 is 9.47 Å². The molecule has 33 heavy (non-hydrogen) atoms. The minimum atomic E-state index is -4.44. The number of hydrogen-bond donors (Lipinski definition) is 0. The molecule has 0 spiro atoms. The summed E-state index contributed by atoms with van der Waals surface area (Å²) in [5.74, 6) is 1.14. The number of aromatic nitrogens is 2. The molecule has 0 atom stereocenters. The summed E-state index contributed by atoms with van der Waals surface area (Å²) < 4.78 is 52.3. The van der Waals surface area contributed by atoms with E-state index in [0.29, 0.717) is 44.6 Å². The molecule has 1 aromatic heterocycles. The summed E-state index contributed by atoms with van der Waals surface area (Å²) in [6, 6.07) is 19.7. The molecule has 8 heteroatoms. The summed E-state index contributed by atoms with van der Waals surface area (Å²) in [6.45, 7) is 0.0756. The molecule has 4 nitrogen and oxygen atoms in total. The van der Waals surface area contributed by atoms with Gasteiger partial charge in [0.25, 0.3) is 0 Å². The van der Waals surface area contributed by atoms with Crippen molar-refractivity contribution < 1.29 is 22.6 Å². The zero-order valence-electron chi connectivity index (χ0n) is 17.9. The summed E-state index contributed by atoms with van der Waals surface area (Å²) in [4.78, 5) is 0. The van der Waals surface area contributed by atoms with Crippen LogP contribution in [0.3, 0.4) is 0 Å². The molecule has 0 aliphatic carbocycles. The van der Waals surface area contributed by atoms with Crippen molar-refractivity contribution in [3.8, 4) is 34.0 Å². The van der Waals surface area contributed by atoms with E-state index in [1.54, 1.807) is 37.1 Å². The SMILES string of the molecule is COc1ccccc1-c1nn(Cc2cccc(C(F)(F)F)c2)c(-c2ccccc2OC)c1Cl. The van der Waals surface area contributed by atoms with Gasteiger partial charge in [-0.1, -0.05) is 48.0 Å². The van der Waals surface area contributed by atoms with Gasteiger partial charge in [-0.3, -0.25) is 4.68 Å². The molecule has 1 heterocycles. The number of ether oxygens (including phenoxy) is 2. The van der Waals surface area contributed by atoms with Gasteiger partial charge in [0.1, 0.15) is 17.2 Å². The zero-order valence-corrected chi connectivity index (χ0v) is 18.6. The molecule has 3 aromatic carbocycles. The predicted molar refractivity (Wildman–Crippen MR) is 122 cm³/mol. The quantitative estimate of drug-likeness (QED) is 0.304. The molecule has 0 radical (unpaired) electrons. The molecule has 0 aliphatic rings. The van der Waals surface area contributed by atoms with Gasteiger partial charge in [-0.2, -0.15) is 18.3 Å². The number of benzene rings is 3. The van der Waals surface area contributed by atoms with E-state index in [2.05, 4.69) is 0 Å². The van der Waals surface area contributed by atoms with E-state index < -0.39 is 11.7 Å². The Bertz CT molecular complexity index is 1280. The van der Waals surface area contributed by atoms with Crippen LogP contribution in [0.1, 0.15) is 11.1 Å². The van der Waals surface area contributed by atoms with Crippen molar-refractivity contribution in [1.82, 2.24) is 9.78 Å². The van der Waals surface area contributed by atoms with Crippen LogP contribution in [-0.2, 0) is 12.7 Å². The average molecular weight is 473 g/mol. The number of methoxy groups -OCH3 is 2. The smallest absolute Gasteiger partial charge is 0.416 e. The van der Waals surface area contributed by atoms with Gasteiger partial charge < -0.3 is 9.47 Å². The molecule has 0 N–H and O–H groups in total. The zero-order chi connectivity index (χ0) is 23.6. The fourth-order valence-electron chi connectivity index (χ4n) is 3.68. The van der Waals surface area contributed by atoms with Gasteiger partial charge in [-0.05, 0) is 42.0 Å². The third-order valence-corrected chi connectivity index (χ3v) is 5.56. The monoisotopic (exact) mass is 472 g/mol. The largest absolute Gasteiger partial charge is 0.496 e. The maximum Gasteiger partial charge on any atom is 0.416 e. The Morgan fingerprint density at radius 1 is 0.848 bits per heavy atom. The summed E-state index contributed by atoms with van der Waals surface area (Å²) in [5, 5.41) is 5.04. The normalized spacial score (nSPS) is 11.5. The minimum Gasteiger partial charge on any atom is -0.496 e. The standard InChI is InChI=1S/C25H20ClF3N2O2/c1-32-20-12-5-3-10-18(20)23-22(26)24(19-11-4-6-13-21(19)33-2)31(30-23)15-16-8-7-9-17(14-16)25(27,28)29/h3-14H,15H2,1-2H3. The molecule has 0 aliphatic heterocycles. The Hall–Kier alpha value is -3.45. The highest BCUT2D eigenvalue weighted by Gasteiger charge is 2.30. The fraction of sp³-hybridized carbons (Fsp3) is 0.160. The second-order valence-electron chi connectivity index (χ2n) is 7.27. The molecule has 170 valence electrons. The van der Waals surface area contributed by atoms with Crippen LogP contribution in [0, 0.1) is 0 Å². The number of halogens is 4. The molecule has 0 amide bonds. The fourth-order valence-corrected chi connectivity index (χ4v) is 4.02. The molecule has 0 saturated carbocycles. The first-order valence-electron chi connectivity index (χ1n) is 10.0. The average Bonchev–Trinajstić information content (AvgIpc) is 3.13. The number of rotatable bonds is 6. The van der Waals surface area contributed by atoms with E-state index in [1.165, 1.54) is 6.07 Å². The van der Waals surface area contributed by atoms with E-state index in [4.69, 9.17) is 26.2 Å². The Morgan fingerprint density at radius 2 is 1.45 bits per heavy atom. The van der Waals surface area contributed by atoms with Gasteiger partial charge in [0.05, 0.1) is 37.0 Å². The third kappa shape index (κ3) is 4.54. The Labute approximate surface area is 194 Å². The second kappa shape index (κ2) is 9.19. The van der Waals surface area contributed by atoms with E-state index in [9.17, 15) is 13.2 Å². The highest BCUT2D eigenvalue weighted by Crippen LogP contribution is 2.42. The van der Waals surface area contributed by atoms with Gasteiger partial charge in [0.2, 0.25) is 0 Å². The highest BCUT2D eigenvalue weighted by molar-refractivity contribution is 6.35. The highest BCUT2D eigenvalue weighted by atomic mass is 35.5. The second-order valence-corrected chi connectivity index (χ2v) is 7.65. The van der Waals surface area contributed by atoms with Gasteiger partial charge >= 0.3 is 6.18 Å². The van der Waals surface area contributed by atoms with Crippen LogP contribution in [-0.4, -0.2) is 24.0 Å². The summed E-state index contributed by atoms with van der Waals surface area (Å²) in [6.07, 6.45) is -4.44. The van der Waals surface area contributed by atoms with Crippen molar-refractivity contribution in [2.24, 2.45) is 0 Å². The topological polar surface area (TPSA) is 36.3 Å². The third-order valence-electron chi connectivity index (χ3n) is 5.21. The molecule has 0 unspecified atom stereocenters. The van der Waals surface area contributed by atoms with Crippen molar-refractivity contribution in [2.75, 3.05) is 14.2 Å². The van der Waals surface area contributed by atoms with Crippen molar-refractivity contribution in [3.05, 3.63) is 88.9 Å². The molecule has 0 saturated heterocycles. The van der Waals surface area contributed by atoms with E-state index in [-0.39, 0.29) is 6.54 Å². The van der Waals surface area contributed by atoms with Crippen molar-refractivity contribution in [2.45, 2.75) is 12.7 Å². The predicted octanol–water partition coefficient (Wildman–Crippen LogP) is 6.95. The van der Waals surface area contributed by atoms with Crippen LogP contribution in [0.15, 0.2) is 72.8 Å². The Morgan fingerprint density at radius 3 is 2.09 bits per heavy atom. The van der Waals surface area contributed by atoms with Gasteiger partial charge in [0.15, 0.2) is 0 Å². The van der Waals surface area contributed by atoms with Crippen LogP contribution in [0.2, 0.25) is 5.02 Å². The lowest BCUT2D eigenvalue weighted by Crippen LogP contribution is -2.08. The number of para-hydroxylation sites is 2. The maximum atomic E-state index is 13.2. The van der Waals surface area contributed by atoms with Crippen LogP contribution in [0.25, 0.3) is 22.5 Å². The number of hydrogen-bond acceptors (Lipinski definition) is 3. The lowest BCUT2D eigenvalue weighted by atomic mass is 10.1. The first kappa shape index (κ1) is 22.7. The minimum absolute atomic E-state index is 0.0756. The Kier molecular flexibility index (Phi) is 6.33. The Balaban J connectivity index is 1.91. The maximum absolute atomic E-state index is 13.2. The molecule has 0 bridgehead atoms. The van der Waals surface area contributed by atoms with E-state index in [1.807, 2.05) is 36.4 Å². The van der Waals surface area contributed by atoms with E-state index in [0.717, 1.165) is 12.1 Å². The van der Waals surface area contributed by atoms with Crippen LogP contribution >= 0.6 is 11.6 Å². The van der Waals surface area contributed by atoms with Crippen molar-refractivity contribution >= 4 is 11.6 Å². The van der Waals surface area contributed by atoms with Crippen molar-refractivity contribution in [1.29, 1.82) is 0 Å². The van der Waals surface area contributed by atoms with Gasteiger partial charge in [0, 0.05) is 11.1 Å². The van der Waals surface area contributed by atoms with Gasteiger partial charge in [-0.15, -0.1) is 0 Å². The molecule has 0 fully saturated rings. The molecule has 4 rings (SSSR count). The number of alkyl halides is 3. The first-order chi connectivity index (χ1) is 15.8. The lowest BCUT2D eigenvalue weighted by molar-refractivity contribution is -0.137.